The number of benzene rings is 2. The number of aryl methyl sites for hydroxylation is 1. The normalized spacial score (nSPS) is 14.0. The van der Waals surface area contributed by atoms with Crippen LogP contribution in [0.1, 0.15) is 31.2 Å². The zero-order chi connectivity index (χ0) is 18.6. The number of amides is 1. The fourth-order valence-electron chi connectivity index (χ4n) is 3.11. The van der Waals surface area contributed by atoms with Crippen molar-refractivity contribution in [3.8, 4) is 17.1 Å². The summed E-state index contributed by atoms with van der Waals surface area (Å²) in [6.45, 7) is 3.10. The fourth-order valence-corrected chi connectivity index (χ4v) is 3.11. The summed E-state index contributed by atoms with van der Waals surface area (Å²) in [5, 5.41) is 4.02. The Bertz CT molecular complexity index is 917. The largest absolute Gasteiger partial charge is 0.484 e. The van der Waals surface area contributed by atoms with Crippen LogP contribution in [-0.4, -0.2) is 22.6 Å². The predicted molar refractivity (Wildman–Crippen MR) is 101 cm³/mol. The number of carbonyl (C=O) groups is 1. The third-order valence-electron chi connectivity index (χ3n) is 4.67. The lowest BCUT2D eigenvalue weighted by Gasteiger charge is -2.15. The topological polar surface area (TPSA) is 68.5 Å². The molecule has 0 atom stereocenters. The molecule has 138 valence electrons. The molecule has 0 spiro atoms. The van der Waals surface area contributed by atoms with Crippen molar-refractivity contribution in [3.63, 3.8) is 0 Å². The second-order valence-corrected chi connectivity index (χ2v) is 6.49. The molecule has 0 unspecified atom stereocenters. The summed E-state index contributed by atoms with van der Waals surface area (Å²) in [6, 6.07) is 15.6. The van der Waals surface area contributed by atoms with Gasteiger partial charge in [0.05, 0.1) is 0 Å². The van der Waals surface area contributed by atoms with Crippen molar-refractivity contribution in [2.24, 2.45) is 0 Å². The summed E-state index contributed by atoms with van der Waals surface area (Å²) in [5.74, 6) is 1.84. The van der Waals surface area contributed by atoms with Crippen LogP contribution in [0.4, 0.5) is 5.69 Å². The number of nitrogens with zero attached hydrogens (tertiary/aromatic N) is 3. The molecule has 0 bridgehead atoms. The first-order chi connectivity index (χ1) is 13.2. The van der Waals surface area contributed by atoms with Crippen LogP contribution in [0.5, 0.6) is 5.75 Å². The number of aromatic nitrogens is 2. The molecule has 1 aliphatic heterocycles. The van der Waals surface area contributed by atoms with Gasteiger partial charge in [-0.2, -0.15) is 4.98 Å². The Labute approximate surface area is 157 Å². The molecule has 2 heterocycles. The first kappa shape index (κ1) is 17.3. The van der Waals surface area contributed by atoms with E-state index in [4.69, 9.17) is 9.26 Å². The lowest BCUT2D eigenvalue weighted by atomic mass is 10.1. The third-order valence-corrected chi connectivity index (χ3v) is 4.67. The van der Waals surface area contributed by atoms with Gasteiger partial charge in [-0.15, -0.1) is 0 Å². The van der Waals surface area contributed by atoms with Crippen LogP contribution >= 0.6 is 0 Å². The van der Waals surface area contributed by atoms with Crippen molar-refractivity contribution in [1.29, 1.82) is 0 Å². The van der Waals surface area contributed by atoms with Crippen LogP contribution in [0.2, 0.25) is 0 Å². The van der Waals surface area contributed by atoms with Crippen LogP contribution < -0.4 is 9.64 Å². The minimum absolute atomic E-state index is 0.175. The van der Waals surface area contributed by atoms with Gasteiger partial charge in [0.15, 0.2) is 6.61 Å². The first-order valence-electron chi connectivity index (χ1n) is 9.18. The zero-order valence-corrected chi connectivity index (χ0v) is 15.2. The molecule has 6 nitrogen and oxygen atoms in total. The molecule has 0 N–H and O–H groups in total. The Morgan fingerprint density at radius 3 is 2.56 bits per heavy atom. The van der Waals surface area contributed by atoms with Gasteiger partial charge >= 0.3 is 0 Å². The van der Waals surface area contributed by atoms with E-state index in [9.17, 15) is 4.79 Å². The molecule has 0 saturated carbocycles. The van der Waals surface area contributed by atoms with E-state index in [1.807, 2.05) is 36.4 Å². The number of carbonyl (C=O) groups excluding carboxylic acids is 1. The van der Waals surface area contributed by atoms with Gasteiger partial charge in [-0.25, -0.2) is 0 Å². The maximum absolute atomic E-state index is 11.8. The minimum atomic E-state index is 0.175. The SMILES string of the molecule is CCc1ccc(-c2noc(COc3ccc(N4CCCC4=O)cc3)n2)cc1. The van der Waals surface area contributed by atoms with Gasteiger partial charge in [0, 0.05) is 24.2 Å². The molecule has 1 amide bonds. The summed E-state index contributed by atoms with van der Waals surface area (Å²) >= 11 is 0. The van der Waals surface area contributed by atoms with E-state index in [0.717, 1.165) is 30.6 Å². The Morgan fingerprint density at radius 1 is 1.11 bits per heavy atom. The molecule has 0 radical (unpaired) electrons. The monoisotopic (exact) mass is 363 g/mol. The molecule has 1 aliphatic rings. The summed E-state index contributed by atoms with van der Waals surface area (Å²) in [6.07, 6.45) is 2.53. The van der Waals surface area contributed by atoms with E-state index in [-0.39, 0.29) is 12.5 Å². The van der Waals surface area contributed by atoms with Crippen molar-refractivity contribution in [1.82, 2.24) is 10.1 Å². The van der Waals surface area contributed by atoms with E-state index >= 15 is 0 Å². The van der Waals surface area contributed by atoms with E-state index in [1.165, 1.54) is 5.56 Å². The molecule has 0 aliphatic carbocycles. The maximum Gasteiger partial charge on any atom is 0.264 e. The summed E-state index contributed by atoms with van der Waals surface area (Å²) in [4.78, 5) is 18.0. The third kappa shape index (κ3) is 3.84. The van der Waals surface area contributed by atoms with Crippen LogP contribution in [0.15, 0.2) is 53.1 Å². The molecule has 2 aromatic carbocycles. The van der Waals surface area contributed by atoms with E-state index in [1.54, 1.807) is 4.90 Å². The average Bonchev–Trinajstić information content (AvgIpc) is 3.36. The zero-order valence-electron chi connectivity index (χ0n) is 15.2. The smallest absolute Gasteiger partial charge is 0.264 e. The number of anilines is 1. The van der Waals surface area contributed by atoms with Gasteiger partial charge in [0.1, 0.15) is 5.75 Å². The average molecular weight is 363 g/mol. The van der Waals surface area contributed by atoms with Gasteiger partial charge in [0.2, 0.25) is 11.7 Å². The van der Waals surface area contributed by atoms with Gasteiger partial charge in [0.25, 0.3) is 5.89 Å². The second-order valence-electron chi connectivity index (χ2n) is 6.49. The highest BCUT2D eigenvalue weighted by molar-refractivity contribution is 5.95. The standard InChI is InChI=1S/C21H21N3O3/c1-2-15-5-7-16(8-6-15)21-22-19(27-23-21)14-26-18-11-9-17(10-12-18)24-13-3-4-20(24)25/h5-12H,2-4,13-14H2,1H3. The molecule has 6 heteroatoms. The Kier molecular flexibility index (Phi) is 4.87. The van der Waals surface area contributed by atoms with Crippen LogP contribution in [0.25, 0.3) is 11.4 Å². The van der Waals surface area contributed by atoms with Crippen molar-refractivity contribution < 1.29 is 14.1 Å². The molecule has 27 heavy (non-hydrogen) atoms. The number of hydrogen-bond acceptors (Lipinski definition) is 5. The highest BCUT2D eigenvalue weighted by atomic mass is 16.5. The summed E-state index contributed by atoms with van der Waals surface area (Å²) in [7, 11) is 0. The fraction of sp³-hybridized carbons (Fsp3) is 0.286. The Balaban J connectivity index is 1.37. The first-order valence-corrected chi connectivity index (χ1v) is 9.18. The minimum Gasteiger partial charge on any atom is -0.484 e. The highest BCUT2D eigenvalue weighted by Crippen LogP contribution is 2.24. The Hall–Kier alpha value is -3.15. The second kappa shape index (κ2) is 7.61. The van der Waals surface area contributed by atoms with Crippen molar-refractivity contribution in [2.45, 2.75) is 32.8 Å². The number of ether oxygens (including phenoxy) is 1. The van der Waals surface area contributed by atoms with Crippen LogP contribution in [0.3, 0.4) is 0 Å². The summed E-state index contributed by atoms with van der Waals surface area (Å²) in [5.41, 5.74) is 3.09. The van der Waals surface area contributed by atoms with E-state index in [2.05, 4.69) is 29.2 Å². The van der Waals surface area contributed by atoms with Gasteiger partial charge in [-0.05, 0) is 42.7 Å². The van der Waals surface area contributed by atoms with Crippen molar-refractivity contribution in [3.05, 3.63) is 60.0 Å². The van der Waals surface area contributed by atoms with Gasteiger partial charge in [-0.3, -0.25) is 4.79 Å². The number of rotatable bonds is 6. The Morgan fingerprint density at radius 2 is 1.89 bits per heavy atom. The quantitative estimate of drug-likeness (QED) is 0.662. The van der Waals surface area contributed by atoms with Gasteiger partial charge < -0.3 is 14.2 Å². The number of hydrogen-bond donors (Lipinski definition) is 0. The van der Waals surface area contributed by atoms with Gasteiger partial charge in [-0.1, -0.05) is 36.3 Å². The van der Waals surface area contributed by atoms with Crippen LogP contribution in [0, 0.1) is 0 Å². The molecule has 3 aromatic rings. The highest BCUT2D eigenvalue weighted by Gasteiger charge is 2.21. The molecule has 4 rings (SSSR count). The molecule has 1 aromatic heterocycles. The maximum atomic E-state index is 11.8. The van der Waals surface area contributed by atoms with E-state index < -0.39 is 0 Å². The lowest BCUT2D eigenvalue weighted by Crippen LogP contribution is -2.23. The van der Waals surface area contributed by atoms with Crippen molar-refractivity contribution in [2.75, 3.05) is 11.4 Å². The predicted octanol–water partition coefficient (Wildman–Crippen LogP) is 4.00. The van der Waals surface area contributed by atoms with Crippen LogP contribution in [-0.2, 0) is 17.8 Å². The molecule has 1 fully saturated rings. The summed E-state index contributed by atoms with van der Waals surface area (Å²) < 4.78 is 11.0. The van der Waals surface area contributed by atoms with E-state index in [0.29, 0.717) is 23.9 Å². The lowest BCUT2D eigenvalue weighted by molar-refractivity contribution is -0.117. The molecular weight excluding hydrogens is 342 g/mol. The molecular formula is C21H21N3O3. The molecule has 1 saturated heterocycles. The van der Waals surface area contributed by atoms with Crippen molar-refractivity contribution >= 4 is 11.6 Å².